The summed E-state index contributed by atoms with van der Waals surface area (Å²) in [4.78, 5) is 4.58. The van der Waals surface area contributed by atoms with Crippen LogP contribution in [0.25, 0.3) is 0 Å². The molecule has 0 aliphatic carbocycles. The Morgan fingerprint density at radius 3 is 3.05 bits per heavy atom. The number of benzene rings is 1. The Bertz CT molecular complexity index is 502. The number of phenols is 1. The molecule has 1 aliphatic heterocycles. The number of ether oxygens (including phenoxy) is 1. The molecule has 0 amide bonds. The zero-order valence-electron chi connectivity index (χ0n) is 13.3. The van der Waals surface area contributed by atoms with Crippen LogP contribution in [0.2, 0.25) is 0 Å². The number of nitrogens with one attached hydrogen (secondary N) is 2. The van der Waals surface area contributed by atoms with Crippen molar-refractivity contribution in [3.8, 4) is 11.5 Å². The van der Waals surface area contributed by atoms with Crippen molar-refractivity contribution in [3.63, 3.8) is 0 Å². The van der Waals surface area contributed by atoms with Gasteiger partial charge in [-0.1, -0.05) is 12.1 Å². The summed E-state index contributed by atoms with van der Waals surface area (Å²) in [7, 11) is 1.55. The number of guanidine groups is 1. The number of aromatic hydroxyl groups is 1. The molecule has 0 aromatic heterocycles. The summed E-state index contributed by atoms with van der Waals surface area (Å²) in [5.41, 5.74) is 0.759. The van der Waals surface area contributed by atoms with E-state index in [9.17, 15) is 5.11 Å². The van der Waals surface area contributed by atoms with E-state index >= 15 is 0 Å². The lowest BCUT2D eigenvalue weighted by molar-refractivity contribution is 0.370. The first-order chi connectivity index (χ1) is 10.7. The highest BCUT2D eigenvalue weighted by Gasteiger charge is 2.15. The monoisotopic (exact) mass is 323 g/mol. The third-order valence-electron chi connectivity index (χ3n) is 3.56. The van der Waals surface area contributed by atoms with Crippen LogP contribution in [0, 0.1) is 0 Å². The molecule has 122 valence electrons. The molecule has 1 saturated heterocycles. The Hall–Kier alpha value is -1.56. The molecule has 1 unspecified atom stereocenters. The van der Waals surface area contributed by atoms with E-state index in [-0.39, 0.29) is 5.75 Å². The maximum absolute atomic E-state index is 10.1. The quantitative estimate of drug-likeness (QED) is 0.573. The lowest BCUT2D eigenvalue weighted by Gasteiger charge is -2.24. The summed E-state index contributed by atoms with van der Waals surface area (Å²) in [6.07, 6.45) is 2.43. The first kappa shape index (κ1) is 16.8. The molecule has 1 fully saturated rings. The van der Waals surface area contributed by atoms with Crippen molar-refractivity contribution in [2.45, 2.75) is 32.4 Å². The van der Waals surface area contributed by atoms with Crippen LogP contribution in [0.3, 0.4) is 0 Å². The van der Waals surface area contributed by atoms with Gasteiger partial charge in [-0.25, -0.2) is 4.99 Å². The van der Waals surface area contributed by atoms with Crippen LogP contribution in [0.4, 0.5) is 0 Å². The van der Waals surface area contributed by atoms with Crippen molar-refractivity contribution >= 4 is 17.7 Å². The van der Waals surface area contributed by atoms with Gasteiger partial charge in [-0.05, 0) is 31.6 Å². The number of nitrogens with zero attached hydrogens (tertiary/aromatic N) is 1. The summed E-state index contributed by atoms with van der Waals surface area (Å²) >= 11 is 1.98. The summed E-state index contributed by atoms with van der Waals surface area (Å²) in [5.74, 6) is 3.82. The van der Waals surface area contributed by atoms with Crippen molar-refractivity contribution in [2.24, 2.45) is 4.99 Å². The maximum atomic E-state index is 10.1. The van der Waals surface area contributed by atoms with E-state index in [2.05, 4.69) is 22.5 Å². The van der Waals surface area contributed by atoms with Gasteiger partial charge in [0.15, 0.2) is 17.5 Å². The van der Waals surface area contributed by atoms with Gasteiger partial charge in [-0.2, -0.15) is 11.8 Å². The lowest BCUT2D eigenvalue weighted by atomic mass is 10.2. The van der Waals surface area contributed by atoms with Crippen LogP contribution in [0.15, 0.2) is 23.2 Å². The minimum Gasteiger partial charge on any atom is -0.504 e. The Morgan fingerprint density at radius 1 is 1.50 bits per heavy atom. The number of hydrogen-bond acceptors (Lipinski definition) is 4. The lowest BCUT2D eigenvalue weighted by Crippen LogP contribution is -2.45. The second kappa shape index (κ2) is 8.78. The number of rotatable bonds is 5. The Balaban J connectivity index is 2.03. The highest BCUT2D eigenvalue weighted by atomic mass is 32.2. The molecule has 0 spiro atoms. The van der Waals surface area contributed by atoms with E-state index in [1.165, 1.54) is 18.6 Å². The van der Waals surface area contributed by atoms with E-state index in [1.54, 1.807) is 13.2 Å². The molecule has 2 rings (SSSR count). The van der Waals surface area contributed by atoms with E-state index in [0.29, 0.717) is 18.3 Å². The van der Waals surface area contributed by atoms with Crippen LogP contribution < -0.4 is 15.4 Å². The second-order valence-electron chi connectivity index (χ2n) is 5.22. The van der Waals surface area contributed by atoms with Gasteiger partial charge in [-0.15, -0.1) is 0 Å². The number of hydrogen-bond donors (Lipinski definition) is 3. The predicted molar refractivity (Wildman–Crippen MR) is 93.0 cm³/mol. The summed E-state index contributed by atoms with van der Waals surface area (Å²) in [6.45, 7) is 3.28. The standard InChI is InChI=1S/C16H25N3O2S/c1-3-17-16(19-13-7-5-9-22-11-13)18-10-12-6-4-8-14(21-2)15(12)20/h4,6,8,13,20H,3,5,7,9-11H2,1-2H3,(H2,17,18,19). The summed E-state index contributed by atoms with van der Waals surface area (Å²) in [5, 5.41) is 16.9. The van der Waals surface area contributed by atoms with Crippen LogP contribution in [0.1, 0.15) is 25.3 Å². The molecule has 22 heavy (non-hydrogen) atoms. The van der Waals surface area contributed by atoms with Crippen molar-refractivity contribution in [1.82, 2.24) is 10.6 Å². The van der Waals surface area contributed by atoms with Gasteiger partial charge in [0.05, 0.1) is 13.7 Å². The first-order valence-electron chi connectivity index (χ1n) is 7.72. The van der Waals surface area contributed by atoms with Crippen LogP contribution >= 0.6 is 11.8 Å². The van der Waals surface area contributed by atoms with Crippen LogP contribution in [-0.2, 0) is 6.54 Å². The average Bonchev–Trinajstić information content (AvgIpc) is 2.55. The van der Waals surface area contributed by atoms with Gasteiger partial charge in [0, 0.05) is 23.9 Å². The highest BCUT2D eigenvalue weighted by Crippen LogP contribution is 2.29. The van der Waals surface area contributed by atoms with E-state index in [0.717, 1.165) is 23.8 Å². The fourth-order valence-corrected chi connectivity index (χ4v) is 3.46. The van der Waals surface area contributed by atoms with Gasteiger partial charge in [0.2, 0.25) is 0 Å². The Kier molecular flexibility index (Phi) is 6.71. The molecule has 0 radical (unpaired) electrons. The van der Waals surface area contributed by atoms with E-state index in [1.807, 2.05) is 23.9 Å². The van der Waals surface area contributed by atoms with Crippen molar-refractivity contribution in [3.05, 3.63) is 23.8 Å². The van der Waals surface area contributed by atoms with Crippen molar-refractivity contribution in [2.75, 3.05) is 25.2 Å². The highest BCUT2D eigenvalue weighted by molar-refractivity contribution is 7.99. The smallest absolute Gasteiger partial charge is 0.191 e. The zero-order valence-corrected chi connectivity index (χ0v) is 14.1. The third-order valence-corrected chi connectivity index (χ3v) is 4.77. The van der Waals surface area contributed by atoms with Gasteiger partial charge in [-0.3, -0.25) is 0 Å². The van der Waals surface area contributed by atoms with Crippen molar-refractivity contribution in [1.29, 1.82) is 0 Å². The molecule has 1 heterocycles. The van der Waals surface area contributed by atoms with Gasteiger partial charge < -0.3 is 20.5 Å². The minimum atomic E-state index is 0.165. The molecule has 1 aromatic carbocycles. The largest absolute Gasteiger partial charge is 0.504 e. The number of thioether (sulfide) groups is 1. The minimum absolute atomic E-state index is 0.165. The molecule has 0 bridgehead atoms. The zero-order chi connectivity index (χ0) is 15.8. The fraction of sp³-hybridized carbons (Fsp3) is 0.562. The number of aliphatic imine (C=N–C) groups is 1. The van der Waals surface area contributed by atoms with E-state index < -0.39 is 0 Å². The number of methoxy groups -OCH3 is 1. The SMILES string of the molecule is CCNC(=NCc1cccc(OC)c1O)NC1CCCSC1. The number of para-hydroxylation sites is 1. The normalized spacial score (nSPS) is 18.8. The van der Waals surface area contributed by atoms with Crippen LogP contribution in [0.5, 0.6) is 11.5 Å². The maximum Gasteiger partial charge on any atom is 0.191 e. The van der Waals surface area contributed by atoms with E-state index in [4.69, 9.17) is 4.74 Å². The van der Waals surface area contributed by atoms with Gasteiger partial charge in [0.1, 0.15) is 0 Å². The molecule has 3 N–H and O–H groups in total. The fourth-order valence-electron chi connectivity index (χ4n) is 2.39. The van der Waals surface area contributed by atoms with Crippen LogP contribution in [-0.4, -0.2) is 42.3 Å². The molecule has 6 heteroatoms. The van der Waals surface area contributed by atoms with Gasteiger partial charge >= 0.3 is 0 Å². The summed E-state index contributed by atoms with van der Waals surface area (Å²) in [6, 6.07) is 5.93. The first-order valence-corrected chi connectivity index (χ1v) is 8.87. The Labute approximate surface area is 136 Å². The predicted octanol–water partition coefficient (Wildman–Crippen LogP) is 2.35. The Morgan fingerprint density at radius 2 is 2.36 bits per heavy atom. The molecular weight excluding hydrogens is 298 g/mol. The molecule has 0 saturated carbocycles. The topological polar surface area (TPSA) is 65.9 Å². The molecule has 1 aromatic rings. The summed E-state index contributed by atoms with van der Waals surface area (Å²) < 4.78 is 5.13. The average molecular weight is 323 g/mol. The molecule has 5 nitrogen and oxygen atoms in total. The van der Waals surface area contributed by atoms with Gasteiger partial charge in [0.25, 0.3) is 0 Å². The second-order valence-corrected chi connectivity index (χ2v) is 6.37. The molecule has 1 atom stereocenters. The molecular formula is C16H25N3O2S. The molecule has 1 aliphatic rings. The third kappa shape index (κ3) is 4.73. The van der Waals surface area contributed by atoms with Crippen molar-refractivity contribution < 1.29 is 9.84 Å². The number of phenolic OH excluding ortho intramolecular Hbond substituents is 1.